The molecule has 2 heterocycles. The van der Waals surface area contributed by atoms with Crippen LogP contribution in [0.2, 0.25) is 0 Å². The highest BCUT2D eigenvalue weighted by Gasteiger charge is 2.35. The van der Waals surface area contributed by atoms with Crippen LogP contribution in [0.5, 0.6) is 0 Å². The SMILES string of the molecule is O=C(NC1CCN(C(=O)C2CC2)CC1)c1ccc(N2CCCC2=O)cc1. The number of anilines is 1. The summed E-state index contributed by atoms with van der Waals surface area (Å²) in [6, 6.07) is 7.36. The summed E-state index contributed by atoms with van der Waals surface area (Å²) >= 11 is 0. The smallest absolute Gasteiger partial charge is 0.251 e. The molecule has 6 nitrogen and oxygen atoms in total. The normalized spacial score (nSPS) is 21.2. The maximum Gasteiger partial charge on any atom is 0.251 e. The molecule has 2 saturated heterocycles. The molecule has 26 heavy (non-hydrogen) atoms. The van der Waals surface area contributed by atoms with Gasteiger partial charge in [-0.05, 0) is 56.4 Å². The van der Waals surface area contributed by atoms with Crippen LogP contribution in [0.1, 0.15) is 48.9 Å². The van der Waals surface area contributed by atoms with Gasteiger partial charge < -0.3 is 15.1 Å². The summed E-state index contributed by atoms with van der Waals surface area (Å²) in [7, 11) is 0. The summed E-state index contributed by atoms with van der Waals surface area (Å²) < 4.78 is 0. The zero-order valence-corrected chi connectivity index (χ0v) is 14.9. The molecule has 3 amide bonds. The summed E-state index contributed by atoms with van der Waals surface area (Å²) in [6.07, 6.45) is 5.19. The van der Waals surface area contributed by atoms with Crippen LogP contribution in [-0.2, 0) is 9.59 Å². The Balaban J connectivity index is 1.29. The van der Waals surface area contributed by atoms with E-state index in [0.717, 1.165) is 57.4 Å². The first-order chi connectivity index (χ1) is 12.6. The molecule has 3 fully saturated rings. The molecular weight excluding hydrogens is 330 g/mol. The Morgan fingerprint density at radius 3 is 2.23 bits per heavy atom. The van der Waals surface area contributed by atoms with Gasteiger partial charge in [0.1, 0.15) is 0 Å². The van der Waals surface area contributed by atoms with Crippen molar-refractivity contribution in [3.63, 3.8) is 0 Å². The Morgan fingerprint density at radius 1 is 0.962 bits per heavy atom. The highest BCUT2D eigenvalue weighted by atomic mass is 16.2. The number of hydrogen-bond acceptors (Lipinski definition) is 3. The van der Waals surface area contributed by atoms with Crippen molar-refractivity contribution >= 4 is 23.4 Å². The summed E-state index contributed by atoms with van der Waals surface area (Å²) in [5.74, 6) is 0.620. The van der Waals surface area contributed by atoms with Gasteiger partial charge in [-0.3, -0.25) is 14.4 Å². The second-order valence-electron chi connectivity index (χ2n) is 7.54. The second kappa shape index (κ2) is 7.09. The van der Waals surface area contributed by atoms with Crippen molar-refractivity contribution in [3.05, 3.63) is 29.8 Å². The lowest BCUT2D eigenvalue weighted by atomic mass is 10.0. The van der Waals surface area contributed by atoms with Crippen molar-refractivity contribution < 1.29 is 14.4 Å². The first-order valence-electron chi connectivity index (χ1n) is 9.62. The quantitative estimate of drug-likeness (QED) is 0.897. The van der Waals surface area contributed by atoms with Gasteiger partial charge in [0, 0.05) is 49.3 Å². The summed E-state index contributed by atoms with van der Waals surface area (Å²) in [5.41, 5.74) is 1.47. The number of piperidine rings is 1. The van der Waals surface area contributed by atoms with E-state index in [1.165, 1.54) is 0 Å². The van der Waals surface area contributed by atoms with Crippen LogP contribution in [0.3, 0.4) is 0 Å². The minimum absolute atomic E-state index is 0.0868. The van der Waals surface area contributed by atoms with Gasteiger partial charge in [-0.1, -0.05) is 0 Å². The number of benzene rings is 1. The molecule has 0 atom stereocenters. The molecule has 138 valence electrons. The lowest BCUT2D eigenvalue weighted by Gasteiger charge is -2.32. The van der Waals surface area contributed by atoms with E-state index in [0.29, 0.717) is 17.9 Å². The van der Waals surface area contributed by atoms with E-state index in [1.807, 2.05) is 17.0 Å². The topological polar surface area (TPSA) is 69.7 Å². The zero-order valence-electron chi connectivity index (χ0n) is 14.9. The molecule has 2 aliphatic heterocycles. The van der Waals surface area contributed by atoms with Gasteiger partial charge in [0.25, 0.3) is 5.91 Å². The average molecular weight is 355 g/mol. The second-order valence-corrected chi connectivity index (χ2v) is 7.54. The van der Waals surface area contributed by atoms with Crippen LogP contribution >= 0.6 is 0 Å². The predicted molar refractivity (Wildman–Crippen MR) is 97.8 cm³/mol. The molecule has 3 aliphatic rings. The van der Waals surface area contributed by atoms with Gasteiger partial charge >= 0.3 is 0 Å². The third-order valence-corrected chi connectivity index (χ3v) is 5.58. The highest BCUT2D eigenvalue weighted by molar-refractivity contribution is 5.97. The molecule has 0 aromatic heterocycles. The van der Waals surface area contributed by atoms with Crippen molar-refractivity contribution in [2.75, 3.05) is 24.5 Å². The van der Waals surface area contributed by atoms with Gasteiger partial charge in [0.15, 0.2) is 0 Å². The molecular formula is C20H25N3O3. The maximum atomic E-state index is 12.5. The van der Waals surface area contributed by atoms with Crippen LogP contribution in [-0.4, -0.2) is 48.3 Å². The number of nitrogens with zero attached hydrogens (tertiary/aromatic N) is 2. The van der Waals surface area contributed by atoms with Gasteiger partial charge in [-0.2, -0.15) is 0 Å². The largest absolute Gasteiger partial charge is 0.349 e. The number of hydrogen-bond donors (Lipinski definition) is 1. The number of carbonyl (C=O) groups is 3. The van der Waals surface area contributed by atoms with Gasteiger partial charge in [0.2, 0.25) is 11.8 Å². The number of nitrogens with one attached hydrogen (secondary N) is 1. The lowest BCUT2D eigenvalue weighted by molar-refractivity contribution is -0.133. The number of likely N-dealkylation sites (tertiary alicyclic amines) is 1. The van der Waals surface area contributed by atoms with Crippen molar-refractivity contribution in [1.82, 2.24) is 10.2 Å². The fourth-order valence-electron chi connectivity index (χ4n) is 3.82. The minimum Gasteiger partial charge on any atom is -0.349 e. The first kappa shape index (κ1) is 17.1. The van der Waals surface area contributed by atoms with E-state index in [2.05, 4.69) is 5.32 Å². The summed E-state index contributed by atoms with van der Waals surface area (Å²) in [4.78, 5) is 40.1. The highest BCUT2D eigenvalue weighted by Crippen LogP contribution is 2.32. The summed E-state index contributed by atoms with van der Waals surface area (Å²) in [5, 5.41) is 3.08. The van der Waals surface area contributed by atoms with Crippen LogP contribution in [0.25, 0.3) is 0 Å². The predicted octanol–water partition coefficient (Wildman–Crippen LogP) is 1.94. The monoisotopic (exact) mass is 355 g/mol. The van der Waals surface area contributed by atoms with Gasteiger partial charge in [-0.15, -0.1) is 0 Å². The van der Waals surface area contributed by atoms with E-state index in [-0.39, 0.29) is 23.8 Å². The van der Waals surface area contributed by atoms with Crippen LogP contribution < -0.4 is 10.2 Å². The van der Waals surface area contributed by atoms with Crippen molar-refractivity contribution in [2.45, 2.75) is 44.6 Å². The number of amides is 3. The molecule has 1 saturated carbocycles. The molecule has 0 bridgehead atoms. The minimum atomic E-state index is -0.0868. The number of rotatable bonds is 4. The average Bonchev–Trinajstić information content (AvgIpc) is 3.43. The number of carbonyl (C=O) groups excluding carboxylic acids is 3. The molecule has 1 aliphatic carbocycles. The first-order valence-corrected chi connectivity index (χ1v) is 9.62. The third-order valence-electron chi connectivity index (χ3n) is 5.58. The van der Waals surface area contributed by atoms with E-state index >= 15 is 0 Å². The Morgan fingerprint density at radius 2 is 1.65 bits per heavy atom. The maximum absolute atomic E-state index is 12.5. The lowest BCUT2D eigenvalue weighted by Crippen LogP contribution is -2.47. The standard InChI is InChI=1S/C20H25N3O3/c24-18-2-1-11-23(18)17-7-5-14(6-8-17)19(25)21-16-9-12-22(13-10-16)20(26)15-3-4-15/h5-8,15-16H,1-4,9-13H2,(H,21,25). The van der Waals surface area contributed by atoms with Crippen LogP contribution in [0, 0.1) is 5.92 Å². The molecule has 0 radical (unpaired) electrons. The fourth-order valence-corrected chi connectivity index (χ4v) is 3.82. The molecule has 1 N–H and O–H groups in total. The molecule has 6 heteroatoms. The Labute approximate surface area is 153 Å². The fraction of sp³-hybridized carbons (Fsp3) is 0.550. The van der Waals surface area contributed by atoms with Crippen molar-refractivity contribution in [2.24, 2.45) is 5.92 Å². The van der Waals surface area contributed by atoms with E-state index in [4.69, 9.17) is 0 Å². The zero-order chi connectivity index (χ0) is 18.1. The van der Waals surface area contributed by atoms with Crippen LogP contribution in [0.4, 0.5) is 5.69 Å². The Hall–Kier alpha value is -2.37. The van der Waals surface area contributed by atoms with Crippen molar-refractivity contribution in [1.29, 1.82) is 0 Å². The third kappa shape index (κ3) is 3.59. The molecule has 1 aromatic rings. The van der Waals surface area contributed by atoms with E-state index < -0.39 is 0 Å². The van der Waals surface area contributed by atoms with E-state index in [9.17, 15) is 14.4 Å². The summed E-state index contributed by atoms with van der Waals surface area (Å²) in [6.45, 7) is 2.22. The molecule has 0 spiro atoms. The Kier molecular flexibility index (Phi) is 4.66. The van der Waals surface area contributed by atoms with Gasteiger partial charge in [0.05, 0.1) is 0 Å². The van der Waals surface area contributed by atoms with Crippen molar-refractivity contribution in [3.8, 4) is 0 Å². The van der Waals surface area contributed by atoms with Gasteiger partial charge in [-0.25, -0.2) is 0 Å². The molecule has 1 aromatic carbocycles. The molecule has 0 unspecified atom stereocenters. The molecule has 4 rings (SSSR count). The Bertz CT molecular complexity index is 704. The van der Waals surface area contributed by atoms with E-state index in [1.54, 1.807) is 17.0 Å². The van der Waals surface area contributed by atoms with Crippen LogP contribution in [0.15, 0.2) is 24.3 Å².